The SMILES string of the molecule is CC(C)(C)c1ccc(N2B3c4cc(C(C)(C)C)ccc4-n4c5cc6c(cc5c5c7oc8ccccc8c7c(c3c54)-c3cc4c(cc32)C(C)(C)CCC4(C)C)C(C)(C)CCC6(C)C)cc1. The van der Waals surface area contributed by atoms with Crippen molar-refractivity contribution < 1.29 is 4.42 Å². The van der Waals surface area contributed by atoms with E-state index in [1.807, 2.05) is 0 Å². The summed E-state index contributed by atoms with van der Waals surface area (Å²) in [6.45, 7) is 33.8. The standard InChI is InChI=1S/C60H65BN2O/c1-55(2,3)34-19-22-36(23-20-34)63-47-33-43-41(58(9,10)26-28-60(43,13)14)31-39(47)49-50-37-17-15-16-18-48(37)64-54(50)51-38-30-40-42(59(11,12)27-25-57(40,7)8)32-46(38)62-45-24-21-35(56(4,5)6)29-44(45)61(63)52(49)53(51)62/h15-24,29-33H,25-28H2,1-14H3. The van der Waals surface area contributed by atoms with Gasteiger partial charge in [0.05, 0.1) is 16.4 Å². The third kappa shape index (κ3) is 5.29. The Morgan fingerprint density at radius 3 is 1.73 bits per heavy atom. The minimum absolute atomic E-state index is 0.0357. The molecule has 4 heteroatoms. The molecule has 0 bridgehead atoms. The number of aromatic nitrogens is 1. The fourth-order valence-electron chi connectivity index (χ4n) is 12.8. The van der Waals surface area contributed by atoms with E-state index in [4.69, 9.17) is 4.42 Å². The normalized spacial score (nSPS) is 19.0. The highest BCUT2D eigenvalue weighted by Gasteiger charge is 2.49. The van der Waals surface area contributed by atoms with Gasteiger partial charge in [0.15, 0.2) is 0 Å². The van der Waals surface area contributed by atoms with Gasteiger partial charge in [-0.3, -0.25) is 0 Å². The van der Waals surface area contributed by atoms with E-state index in [2.05, 4.69) is 197 Å². The Hall–Kier alpha value is -5.22. The number of fused-ring (bicyclic) bond motifs is 15. The first kappa shape index (κ1) is 40.3. The second-order valence-corrected chi connectivity index (χ2v) is 25.1. The van der Waals surface area contributed by atoms with Crippen molar-refractivity contribution in [2.45, 2.75) is 155 Å². The van der Waals surface area contributed by atoms with E-state index in [0.717, 1.165) is 17.6 Å². The molecule has 324 valence electrons. The second kappa shape index (κ2) is 12.4. The fraction of sp³-hybridized carbons (Fsp3) is 0.400. The molecular weight excluding hydrogens is 775 g/mol. The average molecular weight is 841 g/mol. The molecule has 64 heavy (non-hydrogen) atoms. The molecule has 2 aliphatic heterocycles. The molecule has 0 saturated heterocycles. The van der Waals surface area contributed by atoms with E-state index < -0.39 is 0 Å². The van der Waals surface area contributed by atoms with Gasteiger partial charge < -0.3 is 13.8 Å². The molecule has 8 aromatic rings. The van der Waals surface area contributed by atoms with Gasteiger partial charge in [0.2, 0.25) is 0 Å². The van der Waals surface area contributed by atoms with Crippen LogP contribution in [0.5, 0.6) is 0 Å². The Balaban J connectivity index is 1.34. The lowest BCUT2D eigenvalue weighted by Crippen LogP contribution is -2.61. The maximum absolute atomic E-state index is 7.33. The molecule has 0 fully saturated rings. The van der Waals surface area contributed by atoms with Crippen molar-refractivity contribution in [1.29, 1.82) is 0 Å². The highest BCUT2D eigenvalue weighted by Crippen LogP contribution is 2.56. The van der Waals surface area contributed by atoms with Crippen molar-refractivity contribution in [2.24, 2.45) is 0 Å². The van der Waals surface area contributed by atoms with Gasteiger partial charge in [0.1, 0.15) is 11.2 Å². The molecule has 0 saturated carbocycles. The zero-order valence-electron chi connectivity index (χ0n) is 40.9. The summed E-state index contributed by atoms with van der Waals surface area (Å²) in [5.74, 6) is 0. The predicted molar refractivity (Wildman–Crippen MR) is 275 cm³/mol. The van der Waals surface area contributed by atoms with Crippen LogP contribution >= 0.6 is 0 Å². The molecule has 4 aliphatic rings. The van der Waals surface area contributed by atoms with Crippen LogP contribution in [-0.2, 0) is 32.5 Å². The van der Waals surface area contributed by atoms with Crippen LogP contribution in [0.3, 0.4) is 0 Å². The van der Waals surface area contributed by atoms with Gasteiger partial charge in [0, 0.05) is 38.8 Å². The summed E-state index contributed by atoms with van der Waals surface area (Å²) in [7, 11) is 0. The molecule has 0 amide bonds. The van der Waals surface area contributed by atoms with Crippen molar-refractivity contribution >= 4 is 72.9 Å². The highest BCUT2D eigenvalue weighted by molar-refractivity contribution is 6.94. The first-order chi connectivity index (χ1) is 30.0. The maximum atomic E-state index is 7.33. The smallest absolute Gasteiger partial charge is 0.333 e. The van der Waals surface area contributed by atoms with Crippen LogP contribution in [0, 0.1) is 0 Å². The zero-order valence-corrected chi connectivity index (χ0v) is 40.9. The summed E-state index contributed by atoms with van der Waals surface area (Å²) in [5.41, 5.74) is 22.7. The second-order valence-electron chi connectivity index (χ2n) is 25.1. The van der Waals surface area contributed by atoms with Crippen LogP contribution in [0.15, 0.2) is 95.4 Å². The molecule has 4 heterocycles. The number of benzene rings is 6. The summed E-state index contributed by atoms with van der Waals surface area (Å²) >= 11 is 0. The summed E-state index contributed by atoms with van der Waals surface area (Å²) in [6, 6.07) is 36.4. The third-order valence-corrected chi connectivity index (χ3v) is 17.0. The monoisotopic (exact) mass is 841 g/mol. The lowest BCUT2D eigenvalue weighted by molar-refractivity contribution is 0.332. The van der Waals surface area contributed by atoms with Crippen molar-refractivity contribution in [3.05, 3.63) is 124 Å². The van der Waals surface area contributed by atoms with E-state index in [9.17, 15) is 0 Å². The van der Waals surface area contributed by atoms with E-state index in [0.29, 0.717) is 0 Å². The Kier molecular flexibility index (Phi) is 7.78. The Morgan fingerprint density at radius 2 is 1.11 bits per heavy atom. The Labute approximate surface area is 381 Å². The van der Waals surface area contributed by atoms with Crippen LogP contribution in [0.25, 0.3) is 60.6 Å². The van der Waals surface area contributed by atoms with Crippen molar-refractivity contribution in [1.82, 2.24) is 4.57 Å². The Bertz CT molecular complexity index is 3350. The molecular formula is C60H65BN2O. The zero-order chi connectivity index (χ0) is 45.0. The molecule has 0 atom stereocenters. The molecule has 3 nitrogen and oxygen atoms in total. The van der Waals surface area contributed by atoms with Gasteiger partial charge in [-0.25, -0.2) is 0 Å². The number of nitrogens with zero attached hydrogens (tertiary/aromatic N) is 2. The van der Waals surface area contributed by atoms with Crippen LogP contribution < -0.4 is 15.7 Å². The van der Waals surface area contributed by atoms with Crippen molar-refractivity contribution in [3.63, 3.8) is 0 Å². The largest absolute Gasteiger partial charge is 0.455 e. The quantitative estimate of drug-likeness (QED) is 0.154. The summed E-state index contributed by atoms with van der Waals surface area (Å²) in [4.78, 5) is 2.76. The molecule has 0 unspecified atom stereocenters. The van der Waals surface area contributed by atoms with E-state index >= 15 is 0 Å². The van der Waals surface area contributed by atoms with Gasteiger partial charge >= 0.3 is 6.85 Å². The summed E-state index contributed by atoms with van der Waals surface area (Å²) in [6.07, 6.45) is 4.67. The number of rotatable bonds is 1. The highest BCUT2D eigenvalue weighted by atomic mass is 16.3. The molecule has 2 aromatic heterocycles. The van der Waals surface area contributed by atoms with Crippen LogP contribution in [0.2, 0.25) is 0 Å². The van der Waals surface area contributed by atoms with Gasteiger partial charge in [-0.2, -0.15) is 0 Å². The minimum Gasteiger partial charge on any atom is -0.455 e. The minimum atomic E-state index is -0.0852. The number of anilines is 2. The number of furan rings is 1. The van der Waals surface area contributed by atoms with Crippen molar-refractivity contribution in [2.75, 3.05) is 4.81 Å². The van der Waals surface area contributed by atoms with Gasteiger partial charge in [-0.15, -0.1) is 0 Å². The third-order valence-electron chi connectivity index (χ3n) is 17.0. The number of hydrogen-bond acceptors (Lipinski definition) is 2. The fourth-order valence-corrected chi connectivity index (χ4v) is 12.8. The molecule has 6 aromatic carbocycles. The topological polar surface area (TPSA) is 21.3 Å². The van der Waals surface area contributed by atoms with E-state index in [-0.39, 0.29) is 39.3 Å². The lowest BCUT2D eigenvalue weighted by Gasteiger charge is -2.46. The number of para-hydroxylation sites is 1. The summed E-state index contributed by atoms with van der Waals surface area (Å²) < 4.78 is 10.0. The van der Waals surface area contributed by atoms with Gasteiger partial charge in [-0.05, 0) is 157 Å². The first-order valence-corrected chi connectivity index (χ1v) is 24.2. The molecule has 12 rings (SSSR count). The maximum Gasteiger partial charge on any atom is 0.333 e. The van der Waals surface area contributed by atoms with Crippen LogP contribution in [-0.4, -0.2) is 11.4 Å². The van der Waals surface area contributed by atoms with E-state index in [1.165, 1.54) is 124 Å². The molecule has 0 radical (unpaired) electrons. The van der Waals surface area contributed by atoms with Crippen molar-refractivity contribution in [3.8, 4) is 16.8 Å². The Morgan fingerprint density at radius 1 is 0.547 bits per heavy atom. The number of hydrogen-bond donors (Lipinski definition) is 0. The summed E-state index contributed by atoms with van der Waals surface area (Å²) in [5, 5.41) is 5.01. The van der Waals surface area contributed by atoms with Crippen LogP contribution in [0.4, 0.5) is 11.4 Å². The predicted octanol–water partition coefficient (Wildman–Crippen LogP) is 15.2. The van der Waals surface area contributed by atoms with Gasteiger partial charge in [0.25, 0.3) is 0 Å². The van der Waals surface area contributed by atoms with E-state index in [1.54, 1.807) is 0 Å². The molecule has 2 aliphatic carbocycles. The molecule has 0 N–H and O–H groups in total. The average Bonchev–Trinajstić information content (AvgIpc) is 3.78. The van der Waals surface area contributed by atoms with Gasteiger partial charge in [-0.1, -0.05) is 139 Å². The van der Waals surface area contributed by atoms with Crippen LogP contribution in [0.1, 0.15) is 156 Å². The first-order valence-electron chi connectivity index (χ1n) is 24.2. The lowest BCUT2D eigenvalue weighted by atomic mass is 9.43. The molecule has 0 spiro atoms.